The summed E-state index contributed by atoms with van der Waals surface area (Å²) < 4.78 is 39.2. The Morgan fingerprint density at radius 1 is 1.06 bits per heavy atom. The van der Waals surface area contributed by atoms with Crippen molar-refractivity contribution in [1.82, 2.24) is 5.32 Å². The molecular weight excluding hydrogens is 462 g/mol. The molecule has 1 saturated heterocycles. The lowest BCUT2D eigenvalue weighted by molar-refractivity contribution is -0.121. The molecule has 3 amide bonds. The molecular formula is C23H21N3O7S. The maximum absolute atomic E-state index is 13.2. The first-order valence-electron chi connectivity index (χ1n) is 10.3. The summed E-state index contributed by atoms with van der Waals surface area (Å²) in [4.78, 5) is 37.8. The number of anilines is 2. The van der Waals surface area contributed by atoms with Gasteiger partial charge >= 0.3 is 0 Å². The largest absolute Gasteiger partial charge is 0.495 e. The van der Waals surface area contributed by atoms with Crippen LogP contribution in [0.15, 0.2) is 70.2 Å². The Bertz CT molecular complexity index is 1330. The van der Waals surface area contributed by atoms with Gasteiger partial charge in [0.2, 0.25) is 11.8 Å². The van der Waals surface area contributed by atoms with Gasteiger partial charge in [-0.2, -0.15) is 0 Å². The Morgan fingerprint density at radius 2 is 1.79 bits per heavy atom. The highest BCUT2D eigenvalue weighted by atomic mass is 32.2. The Kier molecular flexibility index (Phi) is 6.37. The van der Waals surface area contributed by atoms with Crippen LogP contribution >= 0.6 is 0 Å². The van der Waals surface area contributed by atoms with Crippen molar-refractivity contribution in [2.24, 2.45) is 0 Å². The Balaban J connectivity index is 1.62. The van der Waals surface area contributed by atoms with E-state index in [1.54, 1.807) is 24.3 Å². The van der Waals surface area contributed by atoms with Crippen molar-refractivity contribution in [3.63, 3.8) is 0 Å². The number of ether oxygens (including phenoxy) is 1. The lowest BCUT2D eigenvalue weighted by Gasteiger charge is -2.19. The summed E-state index contributed by atoms with van der Waals surface area (Å²) in [7, 11) is -2.84. The summed E-state index contributed by atoms with van der Waals surface area (Å²) in [5, 5.41) is 2.67. The van der Waals surface area contributed by atoms with Crippen LogP contribution in [-0.4, -0.2) is 33.2 Å². The summed E-state index contributed by atoms with van der Waals surface area (Å²) in [5.41, 5.74) is 0.212. The molecule has 1 aliphatic heterocycles. The maximum atomic E-state index is 13.2. The number of carbonyl (C=O) groups excluding carboxylic acids is 3. The average Bonchev–Trinajstić information content (AvgIpc) is 3.46. The number of hydrogen-bond donors (Lipinski definition) is 2. The van der Waals surface area contributed by atoms with Gasteiger partial charge in [0.25, 0.3) is 15.9 Å². The van der Waals surface area contributed by atoms with E-state index in [2.05, 4.69) is 10.0 Å². The molecule has 0 radical (unpaired) electrons. The smallest absolute Gasteiger partial charge is 0.261 e. The van der Waals surface area contributed by atoms with E-state index < -0.39 is 27.7 Å². The van der Waals surface area contributed by atoms with Gasteiger partial charge in [-0.15, -0.1) is 0 Å². The first kappa shape index (κ1) is 23.1. The van der Waals surface area contributed by atoms with E-state index in [0.717, 1.165) is 4.90 Å². The van der Waals surface area contributed by atoms with E-state index in [0.29, 0.717) is 5.76 Å². The van der Waals surface area contributed by atoms with Crippen LogP contribution in [0.25, 0.3) is 0 Å². The molecule has 2 heterocycles. The summed E-state index contributed by atoms with van der Waals surface area (Å²) in [6.45, 7) is 0.132. The highest BCUT2D eigenvalue weighted by Crippen LogP contribution is 2.34. The van der Waals surface area contributed by atoms with Crippen molar-refractivity contribution >= 4 is 39.1 Å². The Labute approximate surface area is 195 Å². The lowest BCUT2D eigenvalue weighted by Crippen LogP contribution is -2.29. The van der Waals surface area contributed by atoms with Crippen molar-refractivity contribution in [2.45, 2.75) is 24.3 Å². The number of nitrogens with one attached hydrogen (secondary N) is 2. The zero-order valence-electron chi connectivity index (χ0n) is 18.1. The summed E-state index contributed by atoms with van der Waals surface area (Å²) in [5.74, 6) is -0.657. The zero-order chi connectivity index (χ0) is 24.3. The van der Waals surface area contributed by atoms with Crippen LogP contribution < -0.4 is 19.7 Å². The highest BCUT2D eigenvalue weighted by molar-refractivity contribution is 7.92. The van der Waals surface area contributed by atoms with Crippen LogP contribution in [0.1, 0.15) is 29.0 Å². The minimum absolute atomic E-state index is 0.0394. The predicted octanol–water partition coefficient (Wildman–Crippen LogP) is 2.67. The first-order chi connectivity index (χ1) is 16.3. The number of hydrogen-bond acceptors (Lipinski definition) is 7. The molecule has 1 aromatic heterocycles. The van der Waals surface area contributed by atoms with Crippen LogP contribution in [0.5, 0.6) is 5.75 Å². The highest BCUT2D eigenvalue weighted by Gasteiger charge is 2.33. The number of benzene rings is 2. The van der Waals surface area contributed by atoms with E-state index in [-0.39, 0.29) is 47.0 Å². The second kappa shape index (κ2) is 9.40. The molecule has 0 bridgehead atoms. The third-order valence-corrected chi connectivity index (χ3v) is 6.54. The van der Waals surface area contributed by atoms with E-state index in [1.165, 1.54) is 43.7 Å². The average molecular weight is 484 g/mol. The molecule has 10 nitrogen and oxygen atoms in total. The van der Waals surface area contributed by atoms with Gasteiger partial charge in [0.1, 0.15) is 11.5 Å². The molecule has 176 valence electrons. The molecule has 1 fully saturated rings. The minimum atomic E-state index is -4.19. The quantitative estimate of drug-likeness (QED) is 0.470. The molecule has 0 atom stereocenters. The molecule has 1 aliphatic rings. The number of para-hydroxylation sites is 1. The number of rotatable bonds is 8. The van der Waals surface area contributed by atoms with Crippen molar-refractivity contribution in [3.05, 3.63) is 72.2 Å². The van der Waals surface area contributed by atoms with Gasteiger partial charge in [0, 0.05) is 12.8 Å². The van der Waals surface area contributed by atoms with Crippen LogP contribution in [0.4, 0.5) is 11.4 Å². The summed E-state index contributed by atoms with van der Waals surface area (Å²) in [6.07, 6.45) is 1.56. The molecule has 34 heavy (non-hydrogen) atoms. The van der Waals surface area contributed by atoms with Gasteiger partial charge in [0.05, 0.1) is 41.8 Å². The standard InChI is InChI=1S/C23H21N3O7S/c1-32-20-9-8-16(13-19(20)26-21(27)10-11-22(26)28)34(30,31)25-18-7-3-2-6-17(18)23(29)24-14-15-5-4-12-33-15/h2-9,12-13,25H,10-11,14H2,1H3,(H,24,29). The fourth-order valence-electron chi connectivity index (χ4n) is 3.51. The fourth-order valence-corrected chi connectivity index (χ4v) is 4.61. The maximum Gasteiger partial charge on any atom is 0.261 e. The van der Waals surface area contributed by atoms with E-state index >= 15 is 0 Å². The summed E-state index contributed by atoms with van der Waals surface area (Å²) in [6, 6.07) is 13.4. The van der Waals surface area contributed by atoms with Gasteiger partial charge < -0.3 is 14.5 Å². The second-order valence-electron chi connectivity index (χ2n) is 7.37. The van der Waals surface area contributed by atoms with Crippen LogP contribution in [0.2, 0.25) is 0 Å². The molecule has 0 aliphatic carbocycles. The molecule has 11 heteroatoms. The van der Waals surface area contributed by atoms with E-state index in [9.17, 15) is 22.8 Å². The van der Waals surface area contributed by atoms with Crippen molar-refractivity contribution < 1.29 is 32.0 Å². The molecule has 4 rings (SSSR count). The first-order valence-corrected chi connectivity index (χ1v) is 11.7. The van der Waals surface area contributed by atoms with Crippen molar-refractivity contribution in [3.8, 4) is 5.75 Å². The Hall–Kier alpha value is -4.12. The van der Waals surface area contributed by atoms with Gasteiger partial charge in [0.15, 0.2) is 0 Å². The normalized spacial score (nSPS) is 13.7. The van der Waals surface area contributed by atoms with Gasteiger partial charge in [-0.3, -0.25) is 19.1 Å². The minimum Gasteiger partial charge on any atom is -0.495 e. The van der Waals surface area contributed by atoms with Crippen LogP contribution in [0, 0.1) is 0 Å². The van der Waals surface area contributed by atoms with Crippen molar-refractivity contribution in [2.75, 3.05) is 16.7 Å². The molecule has 3 aromatic rings. The number of amides is 3. The number of furan rings is 1. The van der Waals surface area contributed by atoms with Gasteiger partial charge in [-0.05, 0) is 42.5 Å². The molecule has 0 unspecified atom stereocenters. The van der Waals surface area contributed by atoms with Crippen LogP contribution in [-0.2, 0) is 26.2 Å². The third-order valence-electron chi connectivity index (χ3n) is 5.17. The van der Waals surface area contributed by atoms with Crippen LogP contribution in [0.3, 0.4) is 0 Å². The molecule has 2 N–H and O–H groups in total. The van der Waals surface area contributed by atoms with Crippen molar-refractivity contribution in [1.29, 1.82) is 0 Å². The second-order valence-corrected chi connectivity index (χ2v) is 9.05. The lowest BCUT2D eigenvalue weighted by atomic mass is 10.1. The predicted molar refractivity (Wildman–Crippen MR) is 122 cm³/mol. The molecule has 0 saturated carbocycles. The Morgan fingerprint density at radius 3 is 2.47 bits per heavy atom. The number of nitrogens with zero attached hydrogens (tertiary/aromatic N) is 1. The van der Waals surface area contributed by atoms with E-state index in [4.69, 9.17) is 9.15 Å². The summed E-state index contributed by atoms with van der Waals surface area (Å²) >= 11 is 0. The number of imide groups is 1. The van der Waals surface area contributed by atoms with Gasteiger partial charge in [-0.25, -0.2) is 13.3 Å². The fraction of sp³-hybridized carbons (Fsp3) is 0.174. The van der Waals surface area contributed by atoms with Gasteiger partial charge in [-0.1, -0.05) is 12.1 Å². The third kappa shape index (κ3) is 4.64. The SMILES string of the molecule is COc1ccc(S(=O)(=O)Nc2ccccc2C(=O)NCc2ccco2)cc1N1C(=O)CCC1=O. The zero-order valence-corrected chi connectivity index (χ0v) is 18.9. The monoisotopic (exact) mass is 483 g/mol. The topological polar surface area (TPSA) is 135 Å². The number of carbonyl (C=O) groups is 3. The number of methoxy groups -OCH3 is 1. The van der Waals surface area contributed by atoms with E-state index in [1.807, 2.05) is 0 Å². The molecule has 0 spiro atoms. The number of sulfonamides is 1. The molecule has 2 aromatic carbocycles.